The Labute approximate surface area is 101 Å². The fraction of sp³-hybridized carbons (Fsp3) is 0.538. The minimum Gasteiger partial charge on any atom is -0.453 e. The van der Waals surface area contributed by atoms with Crippen molar-refractivity contribution in [3.63, 3.8) is 0 Å². The zero-order valence-electron chi connectivity index (χ0n) is 9.42. The monoisotopic (exact) mass is 239 g/mol. The molecule has 0 aromatic carbocycles. The Morgan fingerprint density at radius 1 is 1.25 bits per heavy atom. The maximum absolute atomic E-state index is 6.22. The van der Waals surface area contributed by atoms with Crippen LogP contribution < -0.4 is 5.73 Å². The van der Waals surface area contributed by atoms with Gasteiger partial charge in [-0.05, 0) is 43.4 Å². The SMILES string of the molecule is NC(/C1=C/CCCCCC1)c1ccoc1Cl. The minimum absolute atomic E-state index is 0.0932. The van der Waals surface area contributed by atoms with E-state index in [2.05, 4.69) is 6.08 Å². The van der Waals surface area contributed by atoms with Crippen LogP contribution >= 0.6 is 11.6 Å². The summed E-state index contributed by atoms with van der Waals surface area (Å²) in [5, 5.41) is 0.426. The van der Waals surface area contributed by atoms with Crippen LogP contribution in [0.2, 0.25) is 5.22 Å². The van der Waals surface area contributed by atoms with Crippen molar-refractivity contribution in [3.05, 3.63) is 34.8 Å². The molecular formula is C13H18ClNO. The second-order valence-electron chi connectivity index (χ2n) is 4.36. The molecule has 1 aliphatic rings. The normalized spacial score (nSPS) is 23.0. The van der Waals surface area contributed by atoms with Crippen molar-refractivity contribution < 1.29 is 4.42 Å². The Balaban J connectivity index is 2.13. The molecule has 0 radical (unpaired) electrons. The zero-order valence-corrected chi connectivity index (χ0v) is 10.2. The Morgan fingerprint density at radius 2 is 2.06 bits per heavy atom. The van der Waals surface area contributed by atoms with Gasteiger partial charge in [0.2, 0.25) is 0 Å². The smallest absolute Gasteiger partial charge is 0.198 e. The lowest BCUT2D eigenvalue weighted by molar-refractivity contribution is 0.560. The summed E-state index contributed by atoms with van der Waals surface area (Å²) < 4.78 is 5.09. The Bertz CT molecular complexity index is 370. The molecular weight excluding hydrogens is 222 g/mol. The second-order valence-corrected chi connectivity index (χ2v) is 4.70. The minimum atomic E-state index is -0.0932. The molecule has 3 heteroatoms. The first-order valence-corrected chi connectivity index (χ1v) is 6.34. The summed E-state index contributed by atoms with van der Waals surface area (Å²) in [6.07, 6.45) is 11.3. The topological polar surface area (TPSA) is 39.2 Å². The molecule has 0 spiro atoms. The fourth-order valence-corrected chi connectivity index (χ4v) is 2.46. The fourth-order valence-electron chi connectivity index (χ4n) is 2.23. The van der Waals surface area contributed by atoms with Crippen molar-refractivity contribution >= 4 is 11.6 Å². The van der Waals surface area contributed by atoms with Crippen LogP contribution in [0.15, 0.2) is 28.4 Å². The first kappa shape index (κ1) is 11.7. The second kappa shape index (κ2) is 5.55. The summed E-state index contributed by atoms with van der Waals surface area (Å²) >= 11 is 5.95. The highest BCUT2D eigenvalue weighted by Crippen LogP contribution is 2.31. The highest BCUT2D eigenvalue weighted by atomic mass is 35.5. The predicted molar refractivity (Wildman–Crippen MR) is 66.4 cm³/mol. The van der Waals surface area contributed by atoms with Crippen LogP contribution in [0.25, 0.3) is 0 Å². The molecule has 2 nitrogen and oxygen atoms in total. The van der Waals surface area contributed by atoms with Gasteiger partial charge in [0.15, 0.2) is 5.22 Å². The molecule has 1 aromatic heterocycles. The van der Waals surface area contributed by atoms with Gasteiger partial charge < -0.3 is 10.2 Å². The van der Waals surface area contributed by atoms with Crippen LogP contribution in [0.1, 0.15) is 50.1 Å². The Kier molecular flexibility index (Phi) is 4.08. The third kappa shape index (κ3) is 2.69. The lowest BCUT2D eigenvalue weighted by Crippen LogP contribution is -2.13. The van der Waals surface area contributed by atoms with Gasteiger partial charge in [0.25, 0.3) is 0 Å². The molecule has 0 aliphatic heterocycles. The van der Waals surface area contributed by atoms with Crippen LogP contribution in [0.3, 0.4) is 0 Å². The number of hydrogen-bond donors (Lipinski definition) is 1. The number of rotatable bonds is 2. The van der Waals surface area contributed by atoms with Crippen molar-refractivity contribution in [1.82, 2.24) is 0 Å². The maximum atomic E-state index is 6.22. The number of hydrogen-bond acceptors (Lipinski definition) is 2. The highest BCUT2D eigenvalue weighted by molar-refractivity contribution is 6.29. The van der Waals surface area contributed by atoms with Crippen LogP contribution in [0.5, 0.6) is 0 Å². The first-order valence-electron chi connectivity index (χ1n) is 5.96. The van der Waals surface area contributed by atoms with E-state index in [0.717, 1.165) is 18.4 Å². The summed E-state index contributed by atoms with van der Waals surface area (Å²) in [5.74, 6) is 0. The molecule has 1 aliphatic carbocycles. The van der Waals surface area contributed by atoms with Crippen molar-refractivity contribution in [2.45, 2.75) is 44.6 Å². The van der Waals surface area contributed by atoms with Gasteiger partial charge >= 0.3 is 0 Å². The molecule has 1 aromatic rings. The molecule has 1 unspecified atom stereocenters. The Morgan fingerprint density at radius 3 is 2.81 bits per heavy atom. The lowest BCUT2D eigenvalue weighted by Gasteiger charge is -2.17. The predicted octanol–water partition coefficient (Wildman–Crippen LogP) is 4.21. The van der Waals surface area contributed by atoms with Crippen molar-refractivity contribution in [1.29, 1.82) is 0 Å². The standard InChI is InChI=1S/C13H18ClNO/c14-13-11(8-9-16-13)12(15)10-6-4-2-1-3-5-7-10/h6,8-9,12H,1-5,7,15H2/b10-6+. The molecule has 1 heterocycles. The van der Waals surface area contributed by atoms with E-state index >= 15 is 0 Å². The third-order valence-corrected chi connectivity index (χ3v) is 3.51. The average molecular weight is 240 g/mol. The van der Waals surface area contributed by atoms with E-state index in [1.54, 1.807) is 6.26 Å². The first-order chi connectivity index (χ1) is 7.79. The molecule has 0 saturated heterocycles. The molecule has 0 saturated carbocycles. The van der Waals surface area contributed by atoms with Gasteiger partial charge in [0, 0.05) is 5.56 Å². The summed E-state index contributed by atoms with van der Waals surface area (Å²) in [6, 6.07) is 1.77. The van der Waals surface area contributed by atoms with Crippen LogP contribution in [-0.4, -0.2) is 0 Å². The van der Waals surface area contributed by atoms with E-state index in [1.165, 1.54) is 31.3 Å². The van der Waals surface area contributed by atoms with Crippen LogP contribution in [-0.2, 0) is 0 Å². The van der Waals surface area contributed by atoms with Gasteiger partial charge in [-0.25, -0.2) is 0 Å². The average Bonchev–Trinajstić information content (AvgIpc) is 2.63. The molecule has 2 rings (SSSR count). The molecule has 0 amide bonds. The van der Waals surface area contributed by atoms with Gasteiger partial charge in [0.05, 0.1) is 12.3 Å². The third-order valence-electron chi connectivity index (χ3n) is 3.21. The summed E-state index contributed by atoms with van der Waals surface area (Å²) in [7, 11) is 0. The Hall–Kier alpha value is -0.730. The van der Waals surface area contributed by atoms with Gasteiger partial charge in [-0.1, -0.05) is 24.5 Å². The number of halogens is 1. The number of furan rings is 1. The molecule has 88 valence electrons. The van der Waals surface area contributed by atoms with Gasteiger partial charge in [0.1, 0.15) is 0 Å². The molecule has 0 fully saturated rings. The zero-order chi connectivity index (χ0) is 11.4. The highest BCUT2D eigenvalue weighted by Gasteiger charge is 2.17. The summed E-state index contributed by atoms with van der Waals surface area (Å²) in [5.41, 5.74) is 8.44. The van der Waals surface area contributed by atoms with Crippen LogP contribution in [0, 0.1) is 0 Å². The van der Waals surface area contributed by atoms with Crippen LogP contribution in [0.4, 0.5) is 0 Å². The van der Waals surface area contributed by atoms with E-state index in [4.69, 9.17) is 21.8 Å². The quantitative estimate of drug-likeness (QED) is 0.785. The molecule has 16 heavy (non-hydrogen) atoms. The van der Waals surface area contributed by atoms with Gasteiger partial charge in [-0.15, -0.1) is 0 Å². The lowest BCUT2D eigenvalue weighted by atomic mass is 9.93. The summed E-state index contributed by atoms with van der Waals surface area (Å²) in [4.78, 5) is 0. The van der Waals surface area contributed by atoms with E-state index in [9.17, 15) is 0 Å². The number of nitrogens with two attached hydrogens (primary N) is 1. The van der Waals surface area contributed by atoms with Crippen molar-refractivity contribution in [3.8, 4) is 0 Å². The van der Waals surface area contributed by atoms with Gasteiger partial charge in [-0.2, -0.15) is 0 Å². The van der Waals surface area contributed by atoms with E-state index < -0.39 is 0 Å². The summed E-state index contributed by atoms with van der Waals surface area (Å²) in [6.45, 7) is 0. The van der Waals surface area contributed by atoms with E-state index in [0.29, 0.717) is 5.22 Å². The molecule has 0 bridgehead atoms. The van der Waals surface area contributed by atoms with Crippen molar-refractivity contribution in [2.75, 3.05) is 0 Å². The van der Waals surface area contributed by atoms with E-state index in [1.807, 2.05) is 6.07 Å². The molecule has 1 atom stereocenters. The maximum Gasteiger partial charge on any atom is 0.198 e. The van der Waals surface area contributed by atoms with E-state index in [-0.39, 0.29) is 6.04 Å². The molecule has 2 N–H and O–H groups in total. The van der Waals surface area contributed by atoms with Gasteiger partial charge in [-0.3, -0.25) is 0 Å². The number of allylic oxidation sites excluding steroid dienone is 1. The largest absolute Gasteiger partial charge is 0.453 e. The van der Waals surface area contributed by atoms with Crippen molar-refractivity contribution in [2.24, 2.45) is 5.73 Å².